The molecule has 4 rings (SSSR count). The first-order valence-corrected chi connectivity index (χ1v) is 8.03. The molecule has 3 heterocycles. The molecule has 0 bridgehead atoms. The number of rotatable bonds is 3. The van der Waals surface area contributed by atoms with Crippen molar-refractivity contribution in [3.63, 3.8) is 0 Å². The number of hydrogen-bond donors (Lipinski definition) is 0. The molecule has 1 aromatic heterocycles. The SMILES string of the molecule is Cc1cncnc1N1CC2CN(CC3CCC3)CC2C1. The maximum Gasteiger partial charge on any atom is 0.134 e. The van der Waals surface area contributed by atoms with Gasteiger partial charge in [0, 0.05) is 44.5 Å². The fraction of sp³-hybridized carbons (Fsp3) is 0.750. The molecule has 2 unspecified atom stereocenters. The summed E-state index contributed by atoms with van der Waals surface area (Å²) in [6, 6.07) is 0. The third-order valence-electron chi connectivity index (χ3n) is 5.47. The van der Waals surface area contributed by atoms with Gasteiger partial charge in [-0.25, -0.2) is 9.97 Å². The number of aromatic nitrogens is 2. The van der Waals surface area contributed by atoms with Gasteiger partial charge in [0.05, 0.1) is 0 Å². The number of fused-ring (bicyclic) bond motifs is 1. The van der Waals surface area contributed by atoms with Gasteiger partial charge in [0.15, 0.2) is 0 Å². The molecule has 0 radical (unpaired) electrons. The maximum absolute atomic E-state index is 4.48. The fourth-order valence-corrected chi connectivity index (χ4v) is 4.18. The lowest BCUT2D eigenvalue weighted by molar-refractivity contribution is 0.197. The van der Waals surface area contributed by atoms with E-state index in [4.69, 9.17) is 0 Å². The van der Waals surface area contributed by atoms with Gasteiger partial charge in [0.2, 0.25) is 0 Å². The van der Waals surface area contributed by atoms with Gasteiger partial charge < -0.3 is 9.80 Å². The Labute approximate surface area is 121 Å². The second-order valence-corrected chi connectivity index (χ2v) is 6.97. The average Bonchev–Trinajstić information content (AvgIpc) is 2.92. The number of likely N-dealkylation sites (tertiary alicyclic amines) is 1. The van der Waals surface area contributed by atoms with Crippen molar-refractivity contribution in [2.45, 2.75) is 26.2 Å². The molecule has 3 aliphatic rings. The standard InChI is InChI=1S/C16H24N4/c1-12-5-17-11-18-16(12)20-9-14-7-19(8-15(14)10-20)6-13-3-2-4-13/h5,11,13-15H,2-4,6-10H2,1H3. The summed E-state index contributed by atoms with van der Waals surface area (Å²) in [5.41, 5.74) is 1.21. The van der Waals surface area contributed by atoms with Crippen LogP contribution in [0.2, 0.25) is 0 Å². The topological polar surface area (TPSA) is 32.3 Å². The van der Waals surface area contributed by atoms with E-state index >= 15 is 0 Å². The Morgan fingerprint density at radius 2 is 1.90 bits per heavy atom. The normalized spacial score (nSPS) is 30.6. The van der Waals surface area contributed by atoms with Crippen molar-refractivity contribution in [3.8, 4) is 0 Å². The van der Waals surface area contributed by atoms with Crippen molar-refractivity contribution in [2.75, 3.05) is 37.6 Å². The highest BCUT2D eigenvalue weighted by Gasteiger charge is 2.41. The minimum Gasteiger partial charge on any atom is -0.356 e. The zero-order chi connectivity index (χ0) is 13.5. The third kappa shape index (κ3) is 2.20. The fourth-order valence-electron chi connectivity index (χ4n) is 4.18. The van der Waals surface area contributed by atoms with Crippen LogP contribution in [0.25, 0.3) is 0 Å². The van der Waals surface area contributed by atoms with Crippen LogP contribution < -0.4 is 4.90 Å². The van der Waals surface area contributed by atoms with E-state index in [0.29, 0.717) is 0 Å². The lowest BCUT2D eigenvalue weighted by atomic mass is 9.85. The van der Waals surface area contributed by atoms with Gasteiger partial charge in [-0.1, -0.05) is 6.42 Å². The second-order valence-electron chi connectivity index (χ2n) is 6.97. The average molecular weight is 272 g/mol. The van der Waals surface area contributed by atoms with Gasteiger partial charge in [-0.3, -0.25) is 0 Å². The van der Waals surface area contributed by atoms with Crippen LogP contribution in [0.5, 0.6) is 0 Å². The van der Waals surface area contributed by atoms with Gasteiger partial charge in [-0.05, 0) is 37.5 Å². The zero-order valence-corrected chi connectivity index (χ0v) is 12.3. The van der Waals surface area contributed by atoms with Gasteiger partial charge in [0.25, 0.3) is 0 Å². The first kappa shape index (κ1) is 12.6. The lowest BCUT2D eigenvalue weighted by Crippen LogP contribution is -2.34. The number of hydrogen-bond acceptors (Lipinski definition) is 4. The van der Waals surface area contributed by atoms with Crippen LogP contribution >= 0.6 is 0 Å². The Morgan fingerprint density at radius 3 is 2.50 bits per heavy atom. The molecule has 0 N–H and O–H groups in total. The van der Waals surface area contributed by atoms with Crippen LogP contribution in [0, 0.1) is 24.7 Å². The molecule has 1 saturated carbocycles. The largest absolute Gasteiger partial charge is 0.356 e. The number of anilines is 1. The summed E-state index contributed by atoms with van der Waals surface area (Å²) in [6.45, 7) is 8.46. The Hall–Kier alpha value is -1.16. The Bertz CT molecular complexity index is 471. The molecule has 2 atom stereocenters. The maximum atomic E-state index is 4.48. The predicted molar refractivity (Wildman–Crippen MR) is 79.7 cm³/mol. The molecule has 1 aliphatic carbocycles. The van der Waals surface area contributed by atoms with Gasteiger partial charge in [-0.15, -0.1) is 0 Å². The molecular formula is C16H24N4. The van der Waals surface area contributed by atoms with Crippen LogP contribution in [0.4, 0.5) is 5.82 Å². The van der Waals surface area contributed by atoms with Crippen molar-refractivity contribution < 1.29 is 0 Å². The summed E-state index contributed by atoms with van der Waals surface area (Å²) >= 11 is 0. The number of nitrogens with zero attached hydrogens (tertiary/aromatic N) is 4. The molecule has 108 valence electrons. The van der Waals surface area contributed by atoms with Crippen LogP contribution in [0.1, 0.15) is 24.8 Å². The third-order valence-corrected chi connectivity index (χ3v) is 5.47. The molecule has 0 aromatic carbocycles. The second kappa shape index (κ2) is 4.99. The summed E-state index contributed by atoms with van der Waals surface area (Å²) in [4.78, 5) is 13.8. The molecule has 20 heavy (non-hydrogen) atoms. The summed E-state index contributed by atoms with van der Waals surface area (Å²) in [5.74, 6) is 3.86. The summed E-state index contributed by atoms with van der Waals surface area (Å²) < 4.78 is 0. The Balaban J connectivity index is 1.38. The molecule has 1 aromatic rings. The molecule has 4 nitrogen and oxygen atoms in total. The zero-order valence-electron chi connectivity index (χ0n) is 12.3. The monoisotopic (exact) mass is 272 g/mol. The van der Waals surface area contributed by atoms with Gasteiger partial charge in [-0.2, -0.15) is 0 Å². The van der Waals surface area contributed by atoms with Crippen molar-refractivity contribution in [1.29, 1.82) is 0 Å². The number of aryl methyl sites for hydroxylation is 1. The van der Waals surface area contributed by atoms with Crippen LogP contribution in [-0.4, -0.2) is 47.6 Å². The molecule has 0 amide bonds. The Morgan fingerprint density at radius 1 is 1.15 bits per heavy atom. The molecule has 2 saturated heterocycles. The highest BCUT2D eigenvalue weighted by atomic mass is 15.3. The van der Waals surface area contributed by atoms with Gasteiger partial charge in [0.1, 0.15) is 12.1 Å². The first-order valence-electron chi connectivity index (χ1n) is 8.03. The van der Waals surface area contributed by atoms with Crippen molar-refractivity contribution in [1.82, 2.24) is 14.9 Å². The lowest BCUT2D eigenvalue weighted by Gasteiger charge is -2.31. The summed E-state index contributed by atoms with van der Waals surface area (Å²) in [5, 5.41) is 0. The molecule has 4 heteroatoms. The van der Waals surface area contributed by atoms with E-state index in [1.165, 1.54) is 57.5 Å². The van der Waals surface area contributed by atoms with Crippen molar-refractivity contribution in [3.05, 3.63) is 18.1 Å². The van der Waals surface area contributed by atoms with E-state index in [1.807, 2.05) is 6.20 Å². The molecule has 3 fully saturated rings. The smallest absolute Gasteiger partial charge is 0.134 e. The van der Waals surface area contributed by atoms with Crippen LogP contribution in [0.15, 0.2) is 12.5 Å². The molecular weight excluding hydrogens is 248 g/mol. The van der Waals surface area contributed by atoms with Gasteiger partial charge >= 0.3 is 0 Å². The van der Waals surface area contributed by atoms with E-state index in [-0.39, 0.29) is 0 Å². The van der Waals surface area contributed by atoms with Crippen molar-refractivity contribution in [2.24, 2.45) is 17.8 Å². The van der Waals surface area contributed by atoms with E-state index in [9.17, 15) is 0 Å². The van der Waals surface area contributed by atoms with E-state index < -0.39 is 0 Å². The summed E-state index contributed by atoms with van der Waals surface area (Å²) in [7, 11) is 0. The van der Waals surface area contributed by atoms with E-state index in [1.54, 1.807) is 6.33 Å². The van der Waals surface area contributed by atoms with Crippen LogP contribution in [-0.2, 0) is 0 Å². The predicted octanol–water partition coefficient (Wildman–Crippen LogP) is 1.95. The highest BCUT2D eigenvalue weighted by molar-refractivity contribution is 5.46. The highest BCUT2D eigenvalue weighted by Crippen LogP contribution is 2.36. The minimum atomic E-state index is 0.851. The molecule has 2 aliphatic heterocycles. The minimum absolute atomic E-state index is 0.851. The first-order chi connectivity index (χ1) is 9.79. The quantitative estimate of drug-likeness (QED) is 0.842. The Kier molecular flexibility index (Phi) is 3.14. The van der Waals surface area contributed by atoms with Crippen molar-refractivity contribution >= 4 is 5.82 Å². The van der Waals surface area contributed by atoms with E-state index in [0.717, 1.165) is 23.6 Å². The van der Waals surface area contributed by atoms with E-state index in [2.05, 4.69) is 26.7 Å². The van der Waals surface area contributed by atoms with Crippen LogP contribution in [0.3, 0.4) is 0 Å². The summed E-state index contributed by atoms with van der Waals surface area (Å²) in [6.07, 6.45) is 8.01. The molecule has 0 spiro atoms.